The van der Waals surface area contributed by atoms with Crippen LogP contribution < -0.4 is 0 Å². The highest BCUT2D eigenvalue weighted by atomic mass is 79.9. The second-order valence-corrected chi connectivity index (χ2v) is 5.74. The second-order valence-electron chi connectivity index (χ2n) is 4.88. The molecular formula is C18H17BrO3. The van der Waals surface area contributed by atoms with E-state index in [0.29, 0.717) is 16.5 Å². The van der Waals surface area contributed by atoms with Crippen molar-refractivity contribution in [3.05, 3.63) is 70.2 Å². The molecule has 3 nitrogen and oxygen atoms in total. The molecule has 2 aromatic rings. The van der Waals surface area contributed by atoms with Gasteiger partial charge >= 0.3 is 5.97 Å². The Balaban J connectivity index is 2.00. The van der Waals surface area contributed by atoms with Crippen LogP contribution in [0.1, 0.15) is 35.2 Å². The Morgan fingerprint density at radius 3 is 2.32 bits per heavy atom. The summed E-state index contributed by atoms with van der Waals surface area (Å²) < 4.78 is 5.91. The predicted molar refractivity (Wildman–Crippen MR) is 88.9 cm³/mol. The SMILES string of the molecule is CCC(C(=O)OCC(=O)c1ccccc1Br)c1ccccc1. The zero-order valence-electron chi connectivity index (χ0n) is 12.3. The van der Waals surface area contributed by atoms with Crippen molar-refractivity contribution in [3.63, 3.8) is 0 Å². The topological polar surface area (TPSA) is 43.4 Å². The zero-order valence-corrected chi connectivity index (χ0v) is 13.9. The van der Waals surface area contributed by atoms with Crippen molar-refractivity contribution < 1.29 is 14.3 Å². The lowest BCUT2D eigenvalue weighted by atomic mass is 9.97. The van der Waals surface area contributed by atoms with E-state index in [1.54, 1.807) is 18.2 Å². The van der Waals surface area contributed by atoms with Gasteiger partial charge in [-0.3, -0.25) is 9.59 Å². The third kappa shape index (κ3) is 4.04. The van der Waals surface area contributed by atoms with Gasteiger partial charge in [-0.05, 0) is 18.1 Å². The molecule has 0 spiro atoms. The van der Waals surface area contributed by atoms with Gasteiger partial charge in [-0.1, -0.05) is 71.4 Å². The minimum absolute atomic E-state index is 0.219. The summed E-state index contributed by atoms with van der Waals surface area (Å²) in [5.41, 5.74) is 1.42. The Morgan fingerprint density at radius 2 is 1.68 bits per heavy atom. The van der Waals surface area contributed by atoms with Crippen LogP contribution in [0.4, 0.5) is 0 Å². The molecule has 0 radical (unpaired) electrons. The van der Waals surface area contributed by atoms with Crippen LogP contribution in [0.5, 0.6) is 0 Å². The van der Waals surface area contributed by atoms with Crippen molar-refractivity contribution in [1.82, 2.24) is 0 Å². The number of esters is 1. The highest BCUT2D eigenvalue weighted by Gasteiger charge is 2.21. The Hall–Kier alpha value is -1.94. The van der Waals surface area contributed by atoms with Gasteiger partial charge in [0.25, 0.3) is 0 Å². The Labute approximate surface area is 138 Å². The van der Waals surface area contributed by atoms with E-state index >= 15 is 0 Å². The summed E-state index contributed by atoms with van der Waals surface area (Å²) >= 11 is 3.32. The molecule has 4 heteroatoms. The molecule has 1 atom stereocenters. The van der Waals surface area contributed by atoms with Crippen LogP contribution in [-0.2, 0) is 9.53 Å². The molecule has 2 rings (SSSR count). The number of carbonyl (C=O) groups excluding carboxylic acids is 2. The summed E-state index contributed by atoms with van der Waals surface area (Å²) in [6.45, 7) is 1.68. The molecule has 1 unspecified atom stereocenters. The minimum atomic E-state index is -0.367. The van der Waals surface area contributed by atoms with Crippen molar-refractivity contribution in [1.29, 1.82) is 0 Å². The molecule has 0 N–H and O–H groups in total. The molecule has 0 amide bonds. The molecule has 0 fully saturated rings. The molecule has 0 saturated heterocycles. The molecule has 0 aliphatic heterocycles. The van der Waals surface area contributed by atoms with Crippen LogP contribution in [0, 0.1) is 0 Å². The van der Waals surface area contributed by atoms with E-state index in [1.807, 2.05) is 43.3 Å². The number of benzene rings is 2. The Bertz CT molecular complexity index is 652. The number of rotatable bonds is 6. The van der Waals surface area contributed by atoms with Crippen molar-refractivity contribution >= 4 is 27.7 Å². The molecule has 114 valence electrons. The van der Waals surface area contributed by atoms with Gasteiger partial charge in [-0.2, -0.15) is 0 Å². The maximum Gasteiger partial charge on any atom is 0.313 e. The third-order valence-corrected chi connectivity index (χ3v) is 4.11. The summed E-state index contributed by atoms with van der Waals surface area (Å²) in [6.07, 6.45) is 0.631. The van der Waals surface area contributed by atoms with E-state index in [0.717, 1.165) is 5.56 Å². The van der Waals surface area contributed by atoms with Crippen molar-refractivity contribution in [2.24, 2.45) is 0 Å². The maximum atomic E-state index is 12.2. The monoisotopic (exact) mass is 360 g/mol. The van der Waals surface area contributed by atoms with Crippen LogP contribution in [0.25, 0.3) is 0 Å². The smallest absolute Gasteiger partial charge is 0.313 e. The molecule has 0 bridgehead atoms. The summed E-state index contributed by atoms with van der Waals surface area (Å²) in [4.78, 5) is 24.3. The van der Waals surface area contributed by atoms with E-state index in [1.165, 1.54) is 0 Å². The maximum absolute atomic E-state index is 12.2. The fraction of sp³-hybridized carbons (Fsp3) is 0.222. The van der Waals surface area contributed by atoms with Gasteiger partial charge in [0, 0.05) is 10.0 Å². The van der Waals surface area contributed by atoms with Gasteiger partial charge in [0.05, 0.1) is 5.92 Å². The summed E-state index contributed by atoms with van der Waals surface area (Å²) in [7, 11) is 0. The Kier molecular flexibility index (Phi) is 5.90. The lowest BCUT2D eigenvalue weighted by Gasteiger charge is -2.14. The number of halogens is 1. The first-order chi connectivity index (χ1) is 10.6. The lowest BCUT2D eigenvalue weighted by molar-refractivity contribution is -0.144. The average molecular weight is 361 g/mol. The highest BCUT2D eigenvalue weighted by molar-refractivity contribution is 9.10. The largest absolute Gasteiger partial charge is 0.457 e. The summed E-state index contributed by atoms with van der Waals surface area (Å²) in [5.74, 6) is -0.925. The fourth-order valence-corrected chi connectivity index (χ4v) is 2.73. The van der Waals surface area contributed by atoms with E-state index in [2.05, 4.69) is 15.9 Å². The zero-order chi connectivity index (χ0) is 15.9. The first-order valence-corrected chi connectivity index (χ1v) is 7.92. The van der Waals surface area contributed by atoms with Crippen LogP contribution in [0.3, 0.4) is 0 Å². The molecule has 22 heavy (non-hydrogen) atoms. The molecule has 2 aromatic carbocycles. The van der Waals surface area contributed by atoms with Gasteiger partial charge in [0.15, 0.2) is 6.61 Å². The van der Waals surface area contributed by atoms with E-state index < -0.39 is 0 Å². The summed E-state index contributed by atoms with van der Waals surface area (Å²) in [6, 6.07) is 16.6. The van der Waals surface area contributed by atoms with E-state index in [-0.39, 0.29) is 24.3 Å². The molecule has 0 saturated carbocycles. The van der Waals surface area contributed by atoms with E-state index in [4.69, 9.17) is 4.74 Å². The van der Waals surface area contributed by atoms with Gasteiger partial charge in [0.1, 0.15) is 0 Å². The summed E-state index contributed by atoms with van der Waals surface area (Å²) in [5, 5.41) is 0. The van der Waals surface area contributed by atoms with Crippen LogP contribution in [-0.4, -0.2) is 18.4 Å². The highest BCUT2D eigenvalue weighted by Crippen LogP contribution is 2.21. The van der Waals surface area contributed by atoms with Crippen molar-refractivity contribution in [3.8, 4) is 0 Å². The number of carbonyl (C=O) groups is 2. The predicted octanol–water partition coefficient (Wildman–Crippen LogP) is 4.37. The van der Waals surface area contributed by atoms with Crippen molar-refractivity contribution in [2.45, 2.75) is 19.3 Å². The molecule has 0 aliphatic rings. The third-order valence-electron chi connectivity index (χ3n) is 3.41. The van der Waals surface area contributed by atoms with Crippen LogP contribution >= 0.6 is 15.9 Å². The number of hydrogen-bond acceptors (Lipinski definition) is 3. The average Bonchev–Trinajstić information content (AvgIpc) is 2.55. The number of hydrogen-bond donors (Lipinski definition) is 0. The van der Waals surface area contributed by atoms with E-state index in [9.17, 15) is 9.59 Å². The van der Waals surface area contributed by atoms with Crippen molar-refractivity contribution in [2.75, 3.05) is 6.61 Å². The number of ether oxygens (including phenoxy) is 1. The number of Topliss-reactive ketones (excluding diaryl/α,β-unsaturated/α-hetero) is 1. The fourth-order valence-electron chi connectivity index (χ4n) is 2.23. The van der Waals surface area contributed by atoms with Gasteiger partial charge in [-0.15, -0.1) is 0 Å². The van der Waals surface area contributed by atoms with Gasteiger partial charge in [-0.25, -0.2) is 0 Å². The quantitative estimate of drug-likeness (QED) is 0.567. The standard InChI is InChI=1S/C18H17BrO3/c1-2-14(13-8-4-3-5-9-13)18(21)22-12-17(20)15-10-6-7-11-16(15)19/h3-11,14H,2,12H2,1H3. The first kappa shape index (κ1) is 16.4. The van der Waals surface area contributed by atoms with Crippen LogP contribution in [0.15, 0.2) is 59.1 Å². The minimum Gasteiger partial charge on any atom is -0.457 e. The molecule has 0 aliphatic carbocycles. The lowest BCUT2D eigenvalue weighted by Crippen LogP contribution is -2.20. The van der Waals surface area contributed by atoms with Gasteiger partial charge < -0.3 is 4.74 Å². The molecule has 0 aromatic heterocycles. The number of ketones is 1. The Morgan fingerprint density at radius 1 is 1.05 bits per heavy atom. The second kappa shape index (κ2) is 7.90. The van der Waals surface area contributed by atoms with Gasteiger partial charge in [0.2, 0.25) is 5.78 Å². The normalized spacial score (nSPS) is 11.7. The first-order valence-electron chi connectivity index (χ1n) is 7.12. The van der Waals surface area contributed by atoms with Crippen LogP contribution in [0.2, 0.25) is 0 Å². The molecule has 0 heterocycles. The molecular weight excluding hydrogens is 344 g/mol.